The summed E-state index contributed by atoms with van der Waals surface area (Å²) in [6, 6.07) is 5.33. The van der Waals surface area contributed by atoms with Crippen LogP contribution in [0.15, 0.2) is 34.6 Å². The fourth-order valence-corrected chi connectivity index (χ4v) is 2.67. The van der Waals surface area contributed by atoms with Crippen LogP contribution in [0.1, 0.15) is 33.9 Å². The number of carboxylic acid groups (broad SMARTS) is 1. The molecule has 0 saturated carbocycles. The van der Waals surface area contributed by atoms with Gasteiger partial charge in [0, 0.05) is 22.8 Å². The van der Waals surface area contributed by atoms with Crippen LogP contribution in [0.25, 0.3) is 0 Å². The van der Waals surface area contributed by atoms with Crippen molar-refractivity contribution in [3.8, 4) is 0 Å². The van der Waals surface area contributed by atoms with Crippen molar-refractivity contribution in [3.05, 3.63) is 56.1 Å². The highest BCUT2D eigenvalue weighted by atomic mass is 32.1. The van der Waals surface area contributed by atoms with Gasteiger partial charge in [-0.3, -0.25) is 4.79 Å². The van der Waals surface area contributed by atoms with Crippen molar-refractivity contribution in [2.75, 3.05) is 0 Å². The van der Waals surface area contributed by atoms with E-state index in [9.17, 15) is 9.59 Å². The normalized spacial score (nSPS) is 12.3. The Balaban J connectivity index is 2.54. The van der Waals surface area contributed by atoms with Crippen molar-refractivity contribution in [3.63, 3.8) is 0 Å². The molecular weight excluding hydrogens is 250 g/mol. The number of pyridine rings is 1. The maximum Gasteiger partial charge on any atom is 0.341 e. The lowest BCUT2D eigenvalue weighted by molar-refractivity contribution is 0.0694. The molecule has 0 amide bonds. The second kappa shape index (κ2) is 4.78. The summed E-state index contributed by atoms with van der Waals surface area (Å²) in [5.74, 6) is -1.19. The van der Waals surface area contributed by atoms with Crippen LogP contribution in [0.3, 0.4) is 0 Å². The van der Waals surface area contributed by atoms with Gasteiger partial charge in [-0.15, -0.1) is 11.3 Å². The first-order valence-electron chi connectivity index (χ1n) is 5.50. The Morgan fingerprint density at radius 1 is 1.50 bits per heavy atom. The number of carboxylic acids is 1. The van der Waals surface area contributed by atoms with E-state index in [-0.39, 0.29) is 11.6 Å². The molecule has 2 aromatic heterocycles. The molecule has 1 unspecified atom stereocenters. The summed E-state index contributed by atoms with van der Waals surface area (Å²) in [7, 11) is 0. The molecule has 0 aromatic carbocycles. The number of hydrogen-bond acceptors (Lipinski definition) is 3. The Hall–Kier alpha value is -1.88. The number of rotatable bonds is 3. The fourth-order valence-electron chi connectivity index (χ4n) is 1.89. The van der Waals surface area contributed by atoms with Gasteiger partial charge in [0.2, 0.25) is 0 Å². The van der Waals surface area contributed by atoms with Crippen molar-refractivity contribution in [2.45, 2.75) is 19.9 Å². The molecule has 1 atom stereocenters. The molecule has 2 heterocycles. The Labute approximate surface area is 108 Å². The third kappa shape index (κ3) is 2.22. The van der Waals surface area contributed by atoms with E-state index < -0.39 is 11.4 Å². The van der Waals surface area contributed by atoms with E-state index in [1.165, 1.54) is 12.3 Å². The first-order chi connectivity index (χ1) is 8.50. The highest BCUT2D eigenvalue weighted by molar-refractivity contribution is 7.10. The summed E-state index contributed by atoms with van der Waals surface area (Å²) in [6.45, 7) is 3.78. The molecule has 0 fully saturated rings. The lowest BCUT2D eigenvalue weighted by Gasteiger charge is -2.18. The Morgan fingerprint density at radius 2 is 2.22 bits per heavy atom. The number of aromatic carboxylic acids is 1. The van der Waals surface area contributed by atoms with Gasteiger partial charge in [-0.05, 0) is 25.3 Å². The third-order valence-electron chi connectivity index (χ3n) is 2.88. The fraction of sp³-hybridized carbons (Fsp3) is 0.231. The van der Waals surface area contributed by atoms with E-state index in [0.29, 0.717) is 0 Å². The molecular formula is C13H13NO3S. The largest absolute Gasteiger partial charge is 0.477 e. The summed E-state index contributed by atoms with van der Waals surface area (Å²) in [5.41, 5.74) is 0.115. The molecule has 5 heteroatoms. The van der Waals surface area contributed by atoms with Crippen LogP contribution in [0, 0.1) is 6.92 Å². The standard InChI is InChI=1S/C13H13NO3S/c1-8-6-11(15)10(13(16)17)7-14(8)9(2)12-4-3-5-18-12/h3-7,9H,1-2H3,(H,16,17). The molecule has 0 aliphatic heterocycles. The van der Waals surface area contributed by atoms with Gasteiger partial charge >= 0.3 is 5.97 Å². The highest BCUT2D eigenvalue weighted by Crippen LogP contribution is 2.23. The molecule has 18 heavy (non-hydrogen) atoms. The lowest BCUT2D eigenvalue weighted by atomic mass is 10.2. The van der Waals surface area contributed by atoms with Crippen LogP contribution >= 0.6 is 11.3 Å². The zero-order valence-corrected chi connectivity index (χ0v) is 10.9. The van der Waals surface area contributed by atoms with Crippen molar-refractivity contribution in [2.24, 2.45) is 0 Å². The lowest BCUT2D eigenvalue weighted by Crippen LogP contribution is -2.20. The summed E-state index contributed by atoms with van der Waals surface area (Å²) in [5, 5.41) is 11.0. The minimum absolute atomic E-state index is 0.0173. The molecule has 2 aromatic rings. The number of aryl methyl sites for hydroxylation is 1. The minimum atomic E-state index is -1.19. The molecule has 0 spiro atoms. The van der Waals surface area contributed by atoms with Crippen molar-refractivity contribution in [1.82, 2.24) is 4.57 Å². The van der Waals surface area contributed by atoms with E-state index in [1.807, 2.05) is 29.0 Å². The van der Waals surface area contributed by atoms with Crippen LogP contribution < -0.4 is 5.43 Å². The molecule has 0 aliphatic rings. The van der Waals surface area contributed by atoms with Crippen LogP contribution in [-0.2, 0) is 0 Å². The molecule has 0 aliphatic carbocycles. The number of nitrogens with zero attached hydrogens (tertiary/aromatic N) is 1. The van der Waals surface area contributed by atoms with E-state index in [4.69, 9.17) is 5.11 Å². The number of carbonyl (C=O) groups is 1. The van der Waals surface area contributed by atoms with E-state index in [1.54, 1.807) is 18.3 Å². The predicted molar refractivity (Wildman–Crippen MR) is 70.5 cm³/mol. The molecule has 2 rings (SSSR count). The van der Waals surface area contributed by atoms with E-state index in [2.05, 4.69) is 0 Å². The maximum atomic E-state index is 11.6. The van der Waals surface area contributed by atoms with Crippen molar-refractivity contribution >= 4 is 17.3 Å². The van der Waals surface area contributed by atoms with Gasteiger partial charge in [0.05, 0.1) is 6.04 Å². The average Bonchev–Trinajstić information content (AvgIpc) is 2.81. The van der Waals surface area contributed by atoms with Crippen LogP contribution in [-0.4, -0.2) is 15.6 Å². The van der Waals surface area contributed by atoms with Gasteiger partial charge in [0.15, 0.2) is 5.43 Å². The van der Waals surface area contributed by atoms with Gasteiger partial charge in [-0.2, -0.15) is 0 Å². The summed E-state index contributed by atoms with van der Waals surface area (Å²) in [4.78, 5) is 23.7. The summed E-state index contributed by atoms with van der Waals surface area (Å²) in [6.07, 6.45) is 1.42. The molecule has 94 valence electrons. The third-order valence-corrected chi connectivity index (χ3v) is 3.93. The van der Waals surface area contributed by atoms with Crippen molar-refractivity contribution < 1.29 is 9.90 Å². The van der Waals surface area contributed by atoms with Crippen LogP contribution in [0.2, 0.25) is 0 Å². The molecule has 0 bridgehead atoms. The molecule has 0 saturated heterocycles. The smallest absolute Gasteiger partial charge is 0.341 e. The quantitative estimate of drug-likeness (QED) is 0.925. The second-order valence-electron chi connectivity index (χ2n) is 4.10. The van der Waals surface area contributed by atoms with Gasteiger partial charge < -0.3 is 9.67 Å². The summed E-state index contributed by atoms with van der Waals surface area (Å²) >= 11 is 1.61. The monoisotopic (exact) mass is 263 g/mol. The highest BCUT2D eigenvalue weighted by Gasteiger charge is 2.15. The number of thiophene rings is 1. The average molecular weight is 263 g/mol. The topological polar surface area (TPSA) is 59.3 Å². The van der Waals surface area contributed by atoms with Gasteiger partial charge in [-0.25, -0.2) is 4.79 Å². The van der Waals surface area contributed by atoms with E-state index in [0.717, 1.165) is 10.6 Å². The van der Waals surface area contributed by atoms with Crippen LogP contribution in [0.4, 0.5) is 0 Å². The second-order valence-corrected chi connectivity index (χ2v) is 5.08. The Kier molecular flexibility index (Phi) is 3.34. The Morgan fingerprint density at radius 3 is 2.78 bits per heavy atom. The first kappa shape index (κ1) is 12.6. The zero-order chi connectivity index (χ0) is 13.3. The zero-order valence-electron chi connectivity index (χ0n) is 10.1. The molecule has 0 radical (unpaired) electrons. The summed E-state index contributed by atoms with van der Waals surface area (Å²) < 4.78 is 1.82. The van der Waals surface area contributed by atoms with Gasteiger partial charge in [0.1, 0.15) is 5.56 Å². The predicted octanol–water partition coefficient (Wildman–Crippen LogP) is 2.53. The van der Waals surface area contributed by atoms with Crippen LogP contribution in [0.5, 0.6) is 0 Å². The number of aromatic nitrogens is 1. The first-order valence-corrected chi connectivity index (χ1v) is 6.38. The van der Waals surface area contributed by atoms with Gasteiger partial charge in [-0.1, -0.05) is 6.07 Å². The molecule has 1 N–H and O–H groups in total. The maximum absolute atomic E-state index is 11.6. The van der Waals surface area contributed by atoms with Gasteiger partial charge in [0.25, 0.3) is 0 Å². The minimum Gasteiger partial charge on any atom is -0.477 e. The van der Waals surface area contributed by atoms with Crippen molar-refractivity contribution in [1.29, 1.82) is 0 Å². The molecule has 4 nitrogen and oxygen atoms in total. The van der Waals surface area contributed by atoms with E-state index >= 15 is 0 Å². The number of hydrogen-bond donors (Lipinski definition) is 1. The SMILES string of the molecule is Cc1cc(=O)c(C(=O)O)cn1C(C)c1cccs1. The Bertz CT molecular complexity index is 628.